The van der Waals surface area contributed by atoms with Gasteiger partial charge in [0.25, 0.3) is 0 Å². The van der Waals surface area contributed by atoms with Crippen molar-refractivity contribution in [3.63, 3.8) is 0 Å². The summed E-state index contributed by atoms with van der Waals surface area (Å²) in [6.07, 6.45) is 0. The molecule has 1 aromatic carbocycles. The molecule has 0 radical (unpaired) electrons. The third-order valence-electron chi connectivity index (χ3n) is 4.65. The highest BCUT2D eigenvalue weighted by Crippen LogP contribution is 2.28. The topological polar surface area (TPSA) is 32.8 Å². The number of Topliss-reactive ketones (excluding diaryl/α,β-unsaturated/α-hetero) is 1. The average Bonchev–Trinajstić information content (AvgIpc) is 2.54. The molecule has 4 nitrogen and oxygen atoms in total. The second-order valence-electron chi connectivity index (χ2n) is 7.30. The van der Waals surface area contributed by atoms with E-state index < -0.39 is 0 Å². The van der Waals surface area contributed by atoms with Crippen molar-refractivity contribution in [2.24, 2.45) is 0 Å². The molecule has 4 heteroatoms. The first-order chi connectivity index (χ1) is 10.8. The predicted molar refractivity (Wildman–Crippen MR) is 94.6 cm³/mol. The van der Waals surface area contributed by atoms with Crippen molar-refractivity contribution in [2.75, 3.05) is 46.4 Å². The predicted octanol–water partition coefficient (Wildman–Crippen LogP) is 2.81. The molecule has 0 saturated carbocycles. The summed E-state index contributed by atoms with van der Waals surface area (Å²) in [5, 5.41) is 0. The van der Waals surface area contributed by atoms with E-state index in [-0.39, 0.29) is 11.2 Å². The molecule has 0 spiro atoms. The Kier molecular flexibility index (Phi) is 5.82. The van der Waals surface area contributed by atoms with Crippen LogP contribution in [-0.2, 0) is 5.41 Å². The Hall–Kier alpha value is -1.39. The molecule has 128 valence electrons. The number of methoxy groups -OCH3 is 1. The molecule has 0 atom stereocenters. The number of carbonyl (C=O) groups excluding carboxylic acids is 1. The van der Waals surface area contributed by atoms with Gasteiger partial charge in [0.2, 0.25) is 0 Å². The Bertz CT molecular complexity index is 541. The Morgan fingerprint density at radius 2 is 1.74 bits per heavy atom. The van der Waals surface area contributed by atoms with Crippen LogP contribution in [0.5, 0.6) is 5.75 Å². The van der Waals surface area contributed by atoms with E-state index in [4.69, 9.17) is 4.74 Å². The maximum Gasteiger partial charge on any atom is 0.180 e. The van der Waals surface area contributed by atoms with E-state index in [0.717, 1.165) is 38.3 Å². The third-order valence-corrected chi connectivity index (χ3v) is 4.65. The molecular weight excluding hydrogens is 288 g/mol. The van der Waals surface area contributed by atoms with Gasteiger partial charge in [-0.05, 0) is 29.7 Å². The molecule has 1 saturated heterocycles. The molecule has 1 fully saturated rings. The van der Waals surface area contributed by atoms with E-state index in [2.05, 4.69) is 43.6 Å². The molecule has 0 aliphatic carbocycles. The Morgan fingerprint density at radius 3 is 2.26 bits per heavy atom. The van der Waals surface area contributed by atoms with Crippen LogP contribution in [0.3, 0.4) is 0 Å². The third kappa shape index (κ3) is 4.55. The Balaban J connectivity index is 2.12. The minimum absolute atomic E-state index is 0.0219. The van der Waals surface area contributed by atoms with Gasteiger partial charge < -0.3 is 9.64 Å². The normalized spacial score (nSPS) is 17.3. The minimum Gasteiger partial charge on any atom is -0.496 e. The molecule has 0 N–H and O–H groups in total. The van der Waals surface area contributed by atoms with Gasteiger partial charge in [0, 0.05) is 26.2 Å². The number of hydrogen-bond acceptors (Lipinski definition) is 4. The van der Waals surface area contributed by atoms with E-state index in [9.17, 15) is 4.79 Å². The summed E-state index contributed by atoms with van der Waals surface area (Å²) in [5.41, 5.74) is 1.89. The lowest BCUT2D eigenvalue weighted by Gasteiger charge is -2.33. The van der Waals surface area contributed by atoms with Crippen LogP contribution in [0.25, 0.3) is 0 Å². The maximum absolute atomic E-state index is 12.8. The van der Waals surface area contributed by atoms with Crippen LogP contribution in [0.15, 0.2) is 18.2 Å². The highest BCUT2D eigenvalue weighted by atomic mass is 16.5. The van der Waals surface area contributed by atoms with E-state index in [1.165, 1.54) is 0 Å². The number of likely N-dealkylation sites (N-methyl/N-ethyl adjacent to an activating group) is 1. The molecule has 0 bridgehead atoms. The standard InChI is InChI=1S/C19H30N2O2/c1-6-20-9-11-21(12-10-20)14-17(22)16-13-15(19(2,3)4)7-8-18(16)23-5/h7-8,13H,6,9-12,14H2,1-5H3. The first-order valence-corrected chi connectivity index (χ1v) is 8.51. The van der Waals surface area contributed by atoms with Crippen molar-refractivity contribution in [3.8, 4) is 5.75 Å². The second kappa shape index (κ2) is 7.45. The number of nitrogens with zero attached hydrogens (tertiary/aromatic N) is 2. The van der Waals surface area contributed by atoms with Crippen LogP contribution in [0.1, 0.15) is 43.6 Å². The number of ether oxygens (including phenoxy) is 1. The lowest BCUT2D eigenvalue weighted by Crippen LogP contribution is -2.47. The van der Waals surface area contributed by atoms with Gasteiger partial charge in [-0.3, -0.25) is 9.69 Å². The molecular formula is C19H30N2O2. The quantitative estimate of drug-likeness (QED) is 0.782. The number of benzene rings is 1. The summed E-state index contributed by atoms with van der Waals surface area (Å²) in [5.74, 6) is 0.827. The summed E-state index contributed by atoms with van der Waals surface area (Å²) < 4.78 is 5.41. The lowest BCUT2D eigenvalue weighted by molar-refractivity contribution is 0.0856. The van der Waals surface area contributed by atoms with Gasteiger partial charge in [0.15, 0.2) is 5.78 Å². The van der Waals surface area contributed by atoms with Crippen molar-refractivity contribution >= 4 is 5.78 Å². The first-order valence-electron chi connectivity index (χ1n) is 8.51. The zero-order valence-electron chi connectivity index (χ0n) is 15.2. The maximum atomic E-state index is 12.8. The van der Waals surface area contributed by atoms with Crippen LogP contribution >= 0.6 is 0 Å². The smallest absolute Gasteiger partial charge is 0.180 e. The van der Waals surface area contributed by atoms with Gasteiger partial charge in [0.1, 0.15) is 5.75 Å². The fraction of sp³-hybridized carbons (Fsp3) is 0.632. The molecule has 0 aromatic heterocycles. The highest BCUT2D eigenvalue weighted by Gasteiger charge is 2.22. The van der Waals surface area contributed by atoms with Gasteiger partial charge in [-0.1, -0.05) is 33.8 Å². The van der Waals surface area contributed by atoms with Crippen molar-refractivity contribution in [3.05, 3.63) is 29.3 Å². The van der Waals surface area contributed by atoms with Gasteiger partial charge >= 0.3 is 0 Å². The summed E-state index contributed by atoms with van der Waals surface area (Å²) in [4.78, 5) is 17.5. The fourth-order valence-electron chi connectivity index (χ4n) is 2.94. The molecule has 2 rings (SSSR count). The van der Waals surface area contributed by atoms with Crippen molar-refractivity contribution in [1.29, 1.82) is 0 Å². The van der Waals surface area contributed by atoms with Crippen LogP contribution in [-0.4, -0.2) is 62.0 Å². The SMILES string of the molecule is CCN1CCN(CC(=O)c2cc(C(C)(C)C)ccc2OC)CC1. The van der Waals surface area contributed by atoms with Crippen molar-refractivity contribution in [2.45, 2.75) is 33.1 Å². The summed E-state index contributed by atoms with van der Waals surface area (Å²) in [7, 11) is 1.63. The first kappa shape index (κ1) is 18.0. The van der Waals surface area contributed by atoms with E-state index in [0.29, 0.717) is 17.9 Å². The minimum atomic E-state index is 0.0219. The van der Waals surface area contributed by atoms with Gasteiger partial charge in [-0.25, -0.2) is 0 Å². The largest absolute Gasteiger partial charge is 0.496 e. The Morgan fingerprint density at radius 1 is 1.13 bits per heavy atom. The van der Waals surface area contributed by atoms with Crippen LogP contribution in [0.2, 0.25) is 0 Å². The lowest BCUT2D eigenvalue weighted by atomic mass is 9.85. The zero-order valence-corrected chi connectivity index (χ0v) is 15.2. The van der Waals surface area contributed by atoms with Gasteiger partial charge in [-0.15, -0.1) is 0 Å². The van der Waals surface area contributed by atoms with E-state index in [1.807, 2.05) is 12.1 Å². The highest BCUT2D eigenvalue weighted by molar-refractivity contribution is 6.00. The van der Waals surface area contributed by atoms with Crippen LogP contribution in [0.4, 0.5) is 0 Å². The van der Waals surface area contributed by atoms with Crippen molar-refractivity contribution < 1.29 is 9.53 Å². The number of rotatable bonds is 5. The van der Waals surface area contributed by atoms with Crippen LogP contribution in [0, 0.1) is 0 Å². The van der Waals surface area contributed by atoms with E-state index in [1.54, 1.807) is 7.11 Å². The molecule has 1 aliphatic heterocycles. The molecule has 1 aliphatic rings. The zero-order chi connectivity index (χ0) is 17.0. The monoisotopic (exact) mass is 318 g/mol. The second-order valence-corrected chi connectivity index (χ2v) is 7.30. The number of carbonyl (C=O) groups is 1. The summed E-state index contributed by atoms with van der Waals surface area (Å²) in [6, 6.07) is 5.97. The number of hydrogen-bond donors (Lipinski definition) is 0. The summed E-state index contributed by atoms with van der Waals surface area (Å²) >= 11 is 0. The van der Waals surface area contributed by atoms with Gasteiger partial charge in [-0.2, -0.15) is 0 Å². The molecule has 1 heterocycles. The molecule has 23 heavy (non-hydrogen) atoms. The molecule has 0 amide bonds. The van der Waals surface area contributed by atoms with Crippen LogP contribution < -0.4 is 4.74 Å². The van der Waals surface area contributed by atoms with E-state index >= 15 is 0 Å². The average molecular weight is 318 g/mol. The Labute approximate surface area is 140 Å². The molecule has 1 aromatic rings. The summed E-state index contributed by atoms with van der Waals surface area (Å²) in [6.45, 7) is 14.2. The number of piperazine rings is 1. The fourth-order valence-corrected chi connectivity index (χ4v) is 2.94. The van der Waals surface area contributed by atoms with Gasteiger partial charge in [0.05, 0.1) is 19.2 Å². The van der Waals surface area contributed by atoms with Crippen molar-refractivity contribution in [1.82, 2.24) is 9.80 Å². The molecule has 0 unspecified atom stereocenters. The number of ketones is 1.